The van der Waals surface area contributed by atoms with E-state index >= 15 is 0 Å². The van der Waals surface area contributed by atoms with E-state index in [9.17, 15) is 19.5 Å². The summed E-state index contributed by atoms with van der Waals surface area (Å²) in [6.07, 6.45) is 0. The lowest BCUT2D eigenvalue weighted by Crippen LogP contribution is -2.50. The van der Waals surface area contributed by atoms with Gasteiger partial charge < -0.3 is 15.7 Å². The summed E-state index contributed by atoms with van der Waals surface area (Å²) in [4.78, 5) is 34.7. The van der Waals surface area contributed by atoms with Gasteiger partial charge in [-0.3, -0.25) is 9.59 Å². The zero-order valence-corrected chi connectivity index (χ0v) is 12.3. The molecule has 0 fully saturated rings. The molecule has 114 valence electrons. The number of amides is 2. The van der Waals surface area contributed by atoms with Crippen LogP contribution in [-0.4, -0.2) is 28.9 Å². The van der Waals surface area contributed by atoms with Crippen molar-refractivity contribution in [1.82, 2.24) is 10.6 Å². The Morgan fingerprint density at radius 1 is 1.05 bits per heavy atom. The van der Waals surface area contributed by atoms with Crippen molar-refractivity contribution < 1.29 is 19.5 Å². The van der Waals surface area contributed by atoms with Crippen LogP contribution in [-0.2, 0) is 14.4 Å². The van der Waals surface area contributed by atoms with Crippen molar-refractivity contribution in [3.63, 3.8) is 0 Å². The third-order valence-electron chi connectivity index (χ3n) is 2.97. The van der Waals surface area contributed by atoms with Gasteiger partial charge in [0.05, 0.1) is 0 Å². The lowest BCUT2D eigenvalue weighted by Gasteiger charge is -2.23. The maximum Gasteiger partial charge on any atom is 0.330 e. The number of benzene rings is 1. The third-order valence-corrected chi connectivity index (χ3v) is 2.97. The van der Waals surface area contributed by atoms with Crippen LogP contribution in [0.3, 0.4) is 0 Å². The molecule has 0 saturated carbocycles. The minimum atomic E-state index is -1.15. The molecule has 2 unspecified atom stereocenters. The average molecular weight is 292 g/mol. The van der Waals surface area contributed by atoms with Crippen LogP contribution in [0.5, 0.6) is 0 Å². The predicted octanol–water partition coefficient (Wildman–Crippen LogP) is 1.09. The fourth-order valence-corrected chi connectivity index (χ4v) is 1.92. The van der Waals surface area contributed by atoms with Gasteiger partial charge in [0.1, 0.15) is 6.04 Å². The van der Waals surface area contributed by atoms with Crippen LogP contribution in [0.4, 0.5) is 0 Å². The minimum absolute atomic E-state index is 0.154. The molecule has 1 aromatic carbocycles. The first-order valence-corrected chi connectivity index (χ1v) is 6.68. The molecule has 6 nitrogen and oxygen atoms in total. The van der Waals surface area contributed by atoms with Crippen LogP contribution < -0.4 is 10.6 Å². The van der Waals surface area contributed by atoms with E-state index in [0.717, 1.165) is 0 Å². The number of aliphatic carboxylic acids is 1. The van der Waals surface area contributed by atoms with Gasteiger partial charge in [0.2, 0.25) is 11.8 Å². The molecule has 0 bridgehead atoms. The molecule has 0 heterocycles. The molecule has 0 spiro atoms. The molecule has 0 radical (unpaired) electrons. The van der Waals surface area contributed by atoms with Crippen molar-refractivity contribution in [3.8, 4) is 0 Å². The first kappa shape index (κ1) is 16.7. The Kier molecular flexibility index (Phi) is 5.90. The maximum atomic E-state index is 12.2. The topological polar surface area (TPSA) is 95.5 Å². The number of carbonyl (C=O) groups is 3. The van der Waals surface area contributed by atoms with Gasteiger partial charge in [0, 0.05) is 6.92 Å². The molecule has 0 aliphatic heterocycles. The van der Waals surface area contributed by atoms with Crippen LogP contribution in [0.1, 0.15) is 32.4 Å². The van der Waals surface area contributed by atoms with Gasteiger partial charge in [-0.15, -0.1) is 0 Å². The highest BCUT2D eigenvalue weighted by molar-refractivity contribution is 5.90. The molecule has 6 heteroatoms. The maximum absolute atomic E-state index is 12.2. The number of carbonyl (C=O) groups excluding carboxylic acids is 2. The normalized spacial score (nSPS) is 13.3. The van der Waals surface area contributed by atoms with Crippen molar-refractivity contribution in [3.05, 3.63) is 35.9 Å². The quantitative estimate of drug-likeness (QED) is 0.731. The van der Waals surface area contributed by atoms with E-state index in [1.54, 1.807) is 44.2 Å². The van der Waals surface area contributed by atoms with Crippen LogP contribution in [0, 0.1) is 5.92 Å². The molecule has 1 rings (SSSR count). The second-order valence-electron chi connectivity index (χ2n) is 5.11. The summed E-state index contributed by atoms with van der Waals surface area (Å²) in [6, 6.07) is 6.50. The molecule has 21 heavy (non-hydrogen) atoms. The van der Waals surface area contributed by atoms with Crippen molar-refractivity contribution in [2.24, 2.45) is 5.92 Å². The summed E-state index contributed by atoms with van der Waals surface area (Å²) in [6.45, 7) is 4.87. The number of carboxylic acids is 1. The zero-order valence-electron chi connectivity index (χ0n) is 12.3. The van der Waals surface area contributed by atoms with Gasteiger partial charge in [-0.25, -0.2) is 4.79 Å². The van der Waals surface area contributed by atoms with E-state index in [0.29, 0.717) is 5.56 Å². The van der Waals surface area contributed by atoms with Crippen molar-refractivity contribution in [1.29, 1.82) is 0 Å². The predicted molar refractivity (Wildman–Crippen MR) is 77.4 cm³/mol. The standard InChI is InChI=1S/C15H20N2O4/c1-9(2)12(16-10(3)18)14(19)17-13(15(20)21)11-7-5-4-6-8-11/h4-9,12-13H,1-3H3,(H,16,18)(H,17,19)(H,20,21). The van der Waals surface area contributed by atoms with Crippen molar-refractivity contribution in [2.75, 3.05) is 0 Å². The Bertz CT molecular complexity index is 514. The van der Waals surface area contributed by atoms with Gasteiger partial charge in [-0.1, -0.05) is 44.2 Å². The summed E-state index contributed by atoms with van der Waals surface area (Å²) < 4.78 is 0. The van der Waals surface area contributed by atoms with Crippen molar-refractivity contribution >= 4 is 17.8 Å². The molecule has 0 aliphatic carbocycles. The van der Waals surface area contributed by atoms with Crippen LogP contribution in [0.2, 0.25) is 0 Å². The number of rotatable bonds is 6. The summed E-state index contributed by atoms with van der Waals surface area (Å²) in [7, 11) is 0. The van der Waals surface area contributed by atoms with Gasteiger partial charge in [-0.2, -0.15) is 0 Å². The molecule has 0 aliphatic rings. The Morgan fingerprint density at radius 3 is 2.05 bits per heavy atom. The summed E-state index contributed by atoms with van der Waals surface area (Å²) in [5.41, 5.74) is 0.476. The first-order valence-electron chi connectivity index (χ1n) is 6.68. The van der Waals surface area contributed by atoms with Gasteiger partial charge in [0.25, 0.3) is 0 Å². The molecule has 0 aromatic heterocycles. The largest absolute Gasteiger partial charge is 0.479 e. The Morgan fingerprint density at radius 2 is 1.62 bits per heavy atom. The molecule has 2 atom stereocenters. The van der Waals surface area contributed by atoms with Crippen LogP contribution in [0.15, 0.2) is 30.3 Å². The van der Waals surface area contributed by atoms with Gasteiger partial charge in [-0.05, 0) is 11.5 Å². The fraction of sp³-hybridized carbons (Fsp3) is 0.400. The van der Waals surface area contributed by atoms with Gasteiger partial charge >= 0.3 is 5.97 Å². The monoisotopic (exact) mass is 292 g/mol. The molecule has 2 amide bonds. The number of carboxylic acid groups (broad SMARTS) is 1. The molecule has 1 aromatic rings. The molecular weight excluding hydrogens is 272 g/mol. The number of hydrogen-bond acceptors (Lipinski definition) is 3. The number of nitrogens with one attached hydrogen (secondary N) is 2. The van der Waals surface area contributed by atoms with E-state index in [1.165, 1.54) is 6.92 Å². The van der Waals surface area contributed by atoms with E-state index in [2.05, 4.69) is 10.6 Å². The SMILES string of the molecule is CC(=O)NC(C(=O)NC(C(=O)O)c1ccccc1)C(C)C. The Labute approximate surface area is 123 Å². The fourth-order valence-electron chi connectivity index (χ4n) is 1.92. The highest BCUT2D eigenvalue weighted by Crippen LogP contribution is 2.14. The molecule has 0 saturated heterocycles. The molecule has 3 N–H and O–H groups in total. The lowest BCUT2D eigenvalue weighted by molar-refractivity contribution is -0.142. The lowest BCUT2D eigenvalue weighted by atomic mass is 10.0. The summed E-state index contributed by atoms with van der Waals surface area (Å²) >= 11 is 0. The number of hydrogen-bond donors (Lipinski definition) is 3. The second-order valence-corrected chi connectivity index (χ2v) is 5.11. The minimum Gasteiger partial charge on any atom is -0.479 e. The second kappa shape index (κ2) is 7.42. The van der Waals surface area contributed by atoms with E-state index < -0.39 is 24.0 Å². The summed E-state index contributed by atoms with van der Waals surface area (Å²) in [5, 5.41) is 14.3. The first-order chi connectivity index (χ1) is 9.82. The summed E-state index contributed by atoms with van der Waals surface area (Å²) in [5.74, 6) is -2.16. The molecular formula is C15H20N2O4. The van der Waals surface area contributed by atoms with Crippen molar-refractivity contribution in [2.45, 2.75) is 32.9 Å². The van der Waals surface area contributed by atoms with Crippen LogP contribution in [0.25, 0.3) is 0 Å². The highest BCUT2D eigenvalue weighted by atomic mass is 16.4. The Hall–Kier alpha value is -2.37. The van der Waals surface area contributed by atoms with E-state index in [-0.39, 0.29) is 11.8 Å². The smallest absolute Gasteiger partial charge is 0.330 e. The van der Waals surface area contributed by atoms with Crippen LogP contribution >= 0.6 is 0 Å². The zero-order chi connectivity index (χ0) is 16.0. The average Bonchev–Trinajstić information content (AvgIpc) is 2.42. The van der Waals surface area contributed by atoms with Gasteiger partial charge in [0.15, 0.2) is 6.04 Å². The highest BCUT2D eigenvalue weighted by Gasteiger charge is 2.28. The van der Waals surface area contributed by atoms with E-state index in [4.69, 9.17) is 0 Å². The Balaban J connectivity index is 2.90. The van der Waals surface area contributed by atoms with E-state index in [1.807, 2.05) is 0 Å². The third kappa shape index (κ3) is 4.91.